The summed E-state index contributed by atoms with van der Waals surface area (Å²) in [5.74, 6) is -0.357. The largest absolute Gasteiger partial charge is 0.462 e. The lowest BCUT2D eigenvalue weighted by Gasteiger charge is -2.11. The van der Waals surface area contributed by atoms with Gasteiger partial charge in [0.15, 0.2) is 0 Å². The molecule has 0 saturated heterocycles. The first-order chi connectivity index (χ1) is 9.74. The normalized spacial score (nSPS) is 9.60. The maximum Gasteiger partial charge on any atom is 0.340 e. The first kappa shape index (κ1) is 13.6. The van der Waals surface area contributed by atoms with Crippen LogP contribution in [-0.2, 0) is 4.74 Å². The van der Waals surface area contributed by atoms with Gasteiger partial charge in [-0.15, -0.1) is 0 Å². The third kappa shape index (κ3) is 3.15. The van der Waals surface area contributed by atoms with Crippen LogP contribution < -0.4 is 5.32 Å². The maximum absolute atomic E-state index is 11.9. The third-order valence-corrected chi connectivity index (χ3v) is 2.72. The summed E-state index contributed by atoms with van der Waals surface area (Å²) in [4.78, 5) is 11.9. The fourth-order valence-corrected chi connectivity index (χ4v) is 1.76. The molecule has 2 rings (SSSR count). The molecule has 20 heavy (non-hydrogen) atoms. The van der Waals surface area contributed by atoms with Crippen LogP contribution in [0.1, 0.15) is 22.8 Å². The van der Waals surface area contributed by atoms with Gasteiger partial charge in [0.1, 0.15) is 0 Å². The molecule has 0 fully saturated rings. The van der Waals surface area contributed by atoms with Crippen LogP contribution in [0.4, 0.5) is 11.4 Å². The lowest BCUT2D eigenvalue weighted by molar-refractivity contribution is 0.0527. The molecular weight excluding hydrogens is 252 g/mol. The van der Waals surface area contributed by atoms with Gasteiger partial charge in [-0.3, -0.25) is 0 Å². The first-order valence-corrected chi connectivity index (χ1v) is 6.28. The molecule has 0 aliphatic heterocycles. The van der Waals surface area contributed by atoms with Crippen LogP contribution in [0.15, 0.2) is 48.5 Å². The molecule has 0 aromatic heterocycles. The number of anilines is 2. The molecule has 0 aliphatic carbocycles. The van der Waals surface area contributed by atoms with E-state index in [1.165, 1.54) is 0 Å². The van der Waals surface area contributed by atoms with E-state index in [-0.39, 0.29) is 5.97 Å². The molecule has 0 spiro atoms. The Hall–Kier alpha value is -2.80. The van der Waals surface area contributed by atoms with Crippen molar-refractivity contribution in [2.75, 3.05) is 11.9 Å². The number of ether oxygens (including phenoxy) is 1. The van der Waals surface area contributed by atoms with E-state index in [0.717, 1.165) is 5.69 Å². The van der Waals surface area contributed by atoms with Crippen molar-refractivity contribution in [3.63, 3.8) is 0 Å². The van der Waals surface area contributed by atoms with Crippen molar-refractivity contribution < 1.29 is 9.53 Å². The molecule has 0 saturated carbocycles. The van der Waals surface area contributed by atoms with E-state index in [2.05, 4.69) is 11.4 Å². The van der Waals surface area contributed by atoms with Crippen molar-refractivity contribution in [1.82, 2.24) is 0 Å². The lowest BCUT2D eigenvalue weighted by Crippen LogP contribution is -2.07. The van der Waals surface area contributed by atoms with E-state index in [0.29, 0.717) is 23.4 Å². The molecule has 1 N–H and O–H groups in total. The SMILES string of the molecule is CCOC(=O)c1ccccc1Nc1ccc(C#N)cc1. The van der Waals surface area contributed by atoms with E-state index in [1.807, 2.05) is 12.1 Å². The average Bonchev–Trinajstić information content (AvgIpc) is 2.49. The van der Waals surface area contributed by atoms with Crippen LogP contribution in [0.5, 0.6) is 0 Å². The summed E-state index contributed by atoms with van der Waals surface area (Å²) in [7, 11) is 0. The Bertz CT molecular complexity index is 642. The predicted octanol–water partition coefficient (Wildman–Crippen LogP) is 3.48. The van der Waals surface area contributed by atoms with Crippen molar-refractivity contribution in [2.45, 2.75) is 6.92 Å². The van der Waals surface area contributed by atoms with Gasteiger partial charge >= 0.3 is 5.97 Å². The van der Waals surface area contributed by atoms with Crippen molar-refractivity contribution in [1.29, 1.82) is 5.26 Å². The molecule has 0 amide bonds. The molecule has 0 heterocycles. The molecule has 2 aromatic rings. The Morgan fingerprint density at radius 1 is 1.20 bits per heavy atom. The van der Waals surface area contributed by atoms with Gasteiger partial charge in [-0.2, -0.15) is 5.26 Å². The molecule has 100 valence electrons. The highest BCUT2D eigenvalue weighted by molar-refractivity contribution is 5.96. The third-order valence-electron chi connectivity index (χ3n) is 2.72. The molecule has 4 nitrogen and oxygen atoms in total. The van der Waals surface area contributed by atoms with Crippen LogP contribution in [0.3, 0.4) is 0 Å². The topological polar surface area (TPSA) is 62.1 Å². The molecule has 0 aliphatic rings. The number of carbonyl (C=O) groups excluding carboxylic acids is 1. The number of esters is 1. The number of nitrogens with one attached hydrogen (secondary N) is 1. The van der Waals surface area contributed by atoms with E-state index in [1.54, 1.807) is 43.3 Å². The Morgan fingerprint density at radius 2 is 1.90 bits per heavy atom. The van der Waals surface area contributed by atoms with Crippen LogP contribution >= 0.6 is 0 Å². The Morgan fingerprint density at radius 3 is 2.55 bits per heavy atom. The molecule has 2 aromatic carbocycles. The maximum atomic E-state index is 11.9. The number of carbonyl (C=O) groups is 1. The Labute approximate surface area is 117 Å². The number of benzene rings is 2. The van der Waals surface area contributed by atoms with Gasteiger partial charge in [0.05, 0.1) is 29.5 Å². The smallest absolute Gasteiger partial charge is 0.340 e. The number of para-hydroxylation sites is 1. The van der Waals surface area contributed by atoms with Crippen molar-refractivity contribution >= 4 is 17.3 Å². The molecule has 0 bridgehead atoms. The summed E-state index contributed by atoms with van der Waals surface area (Å²) in [6, 6.07) is 16.2. The number of nitriles is 1. The molecule has 0 radical (unpaired) electrons. The van der Waals surface area contributed by atoms with Crippen molar-refractivity contribution in [2.24, 2.45) is 0 Å². The monoisotopic (exact) mass is 266 g/mol. The highest BCUT2D eigenvalue weighted by Gasteiger charge is 2.11. The van der Waals surface area contributed by atoms with Gasteiger partial charge in [0.25, 0.3) is 0 Å². The first-order valence-electron chi connectivity index (χ1n) is 6.28. The van der Waals surface area contributed by atoms with Gasteiger partial charge in [-0.05, 0) is 43.3 Å². The summed E-state index contributed by atoms with van der Waals surface area (Å²) >= 11 is 0. The zero-order valence-corrected chi connectivity index (χ0v) is 11.1. The molecule has 0 atom stereocenters. The van der Waals surface area contributed by atoms with Gasteiger partial charge in [0, 0.05) is 5.69 Å². The number of hydrogen-bond donors (Lipinski definition) is 1. The van der Waals surface area contributed by atoms with E-state index < -0.39 is 0 Å². The average molecular weight is 266 g/mol. The van der Waals surface area contributed by atoms with Crippen LogP contribution in [0, 0.1) is 11.3 Å². The van der Waals surface area contributed by atoms with E-state index in [9.17, 15) is 4.79 Å². The summed E-state index contributed by atoms with van der Waals surface area (Å²) < 4.78 is 5.02. The summed E-state index contributed by atoms with van der Waals surface area (Å²) in [5, 5.41) is 11.9. The standard InChI is InChI=1S/C16H14N2O2/c1-2-20-16(19)14-5-3-4-6-15(14)18-13-9-7-12(11-17)8-10-13/h3-10,18H,2H2,1H3. The zero-order valence-electron chi connectivity index (χ0n) is 11.1. The predicted molar refractivity (Wildman–Crippen MR) is 76.8 cm³/mol. The lowest BCUT2D eigenvalue weighted by atomic mass is 10.1. The summed E-state index contributed by atoms with van der Waals surface area (Å²) in [6.07, 6.45) is 0. The quantitative estimate of drug-likeness (QED) is 0.860. The number of hydrogen-bond acceptors (Lipinski definition) is 4. The van der Waals surface area contributed by atoms with Gasteiger partial charge < -0.3 is 10.1 Å². The fraction of sp³-hybridized carbons (Fsp3) is 0.125. The minimum Gasteiger partial charge on any atom is -0.462 e. The fourth-order valence-electron chi connectivity index (χ4n) is 1.76. The summed E-state index contributed by atoms with van der Waals surface area (Å²) in [6.45, 7) is 2.11. The van der Waals surface area contributed by atoms with Gasteiger partial charge in [0.2, 0.25) is 0 Å². The zero-order chi connectivity index (χ0) is 14.4. The molecular formula is C16H14N2O2. The minimum absolute atomic E-state index is 0.337. The Balaban J connectivity index is 2.24. The van der Waals surface area contributed by atoms with Crippen LogP contribution in [0.2, 0.25) is 0 Å². The molecule has 4 heteroatoms. The van der Waals surface area contributed by atoms with Gasteiger partial charge in [-0.25, -0.2) is 4.79 Å². The second kappa shape index (κ2) is 6.39. The van der Waals surface area contributed by atoms with E-state index in [4.69, 9.17) is 10.00 Å². The van der Waals surface area contributed by atoms with Gasteiger partial charge in [-0.1, -0.05) is 12.1 Å². The summed E-state index contributed by atoms with van der Waals surface area (Å²) in [5.41, 5.74) is 2.56. The highest BCUT2D eigenvalue weighted by Crippen LogP contribution is 2.21. The van der Waals surface area contributed by atoms with Crippen LogP contribution in [0.25, 0.3) is 0 Å². The van der Waals surface area contributed by atoms with Crippen molar-refractivity contribution in [3.8, 4) is 6.07 Å². The van der Waals surface area contributed by atoms with Crippen LogP contribution in [-0.4, -0.2) is 12.6 Å². The van der Waals surface area contributed by atoms with Crippen molar-refractivity contribution in [3.05, 3.63) is 59.7 Å². The minimum atomic E-state index is -0.357. The second-order valence-corrected chi connectivity index (χ2v) is 4.08. The molecule has 0 unspecified atom stereocenters. The second-order valence-electron chi connectivity index (χ2n) is 4.08. The Kier molecular flexibility index (Phi) is 4.35. The van der Waals surface area contributed by atoms with E-state index >= 15 is 0 Å². The highest BCUT2D eigenvalue weighted by atomic mass is 16.5. The number of rotatable bonds is 4. The number of nitrogens with zero attached hydrogens (tertiary/aromatic N) is 1.